The molecule has 0 aliphatic carbocycles. The highest BCUT2D eigenvalue weighted by atomic mass is 35.5. The molecule has 1 aliphatic heterocycles. The van der Waals surface area contributed by atoms with Gasteiger partial charge in [0, 0.05) is 25.1 Å². The van der Waals surface area contributed by atoms with Crippen molar-refractivity contribution < 1.29 is 19.0 Å². The van der Waals surface area contributed by atoms with E-state index in [9.17, 15) is 29.1 Å². The number of aromatic nitrogens is 5. The van der Waals surface area contributed by atoms with Crippen molar-refractivity contribution in [2.24, 2.45) is 7.05 Å². The first-order valence-corrected chi connectivity index (χ1v) is 12.2. The number of rotatable bonds is 5. The fraction of sp³-hybridized carbons (Fsp3) is 0.381. The Labute approximate surface area is 210 Å². The van der Waals surface area contributed by atoms with E-state index in [4.69, 9.17) is 16.3 Å². The number of imidazole rings is 1. The molecule has 0 spiro atoms. The lowest BCUT2D eigenvalue weighted by Crippen LogP contribution is -2.54. The van der Waals surface area contributed by atoms with Crippen LogP contribution in [-0.4, -0.2) is 45.8 Å². The van der Waals surface area contributed by atoms with E-state index in [1.54, 1.807) is 13.8 Å². The predicted molar refractivity (Wildman–Crippen MR) is 129 cm³/mol. The second-order valence-corrected chi connectivity index (χ2v) is 9.73. The molecule has 4 rings (SSSR count). The summed E-state index contributed by atoms with van der Waals surface area (Å²) in [4.78, 5) is 63.8. The molecule has 0 saturated carbocycles. The molecule has 0 bridgehead atoms. The number of hydrogen-bond donors (Lipinski definition) is 1. The van der Waals surface area contributed by atoms with Gasteiger partial charge in [-0.3, -0.25) is 9.36 Å². The van der Waals surface area contributed by atoms with Gasteiger partial charge in [-0.05, 0) is 26.0 Å². The molecule has 3 aromatic rings. The molecule has 192 valence electrons. The molecule has 0 amide bonds. The highest BCUT2D eigenvalue weighted by Gasteiger charge is 2.27. The molecule has 1 aromatic carbocycles. The molecule has 0 fully saturated rings. The number of benzene rings is 1. The van der Waals surface area contributed by atoms with Crippen LogP contribution in [0.15, 0.2) is 31.3 Å². The van der Waals surface area contributed by atoms with E-state index in [2.05, 4.69) is 0 Å². The van der Waals surface area contributed by atoms with Gasteiger partial charge in [0.05, 0.1) is 28.2 Å². The fourth-order valence-corrected chi connectivity index (χ4v) is 5.00. The number of carbonyl (C=O) groups is 1. The maximum absolute atomic E-state index is 15.0. The number of ether oxygens (including phenoxy) is 1. The third kappa shape index (κ3) is 4.19. The van der Waals surface area contributed by atoms with Gasteiger partial charge in [0.2, 0.25) is 5.88 Å². The van der Waals surface area contributed by atoms with Gasteiger partial charge < -0.3 is 9.84 Å². The van der Waals surface area contributed by atoms with Gasteiger partial charge in [-0.2, -0.15) is 11.8 Å². The summed E-state index contributed by atoms with van der Waals surface area (Å²) < 4.78 is 23.6. The fourth-order valence-electron chi connectivity index (χ4n) is 3.83. The summed E-state index contributed by atoms with van der Waals surface area (Å²) in [6, 6.07) is 1.72. The van der Waals surface area contributed by atoms with Crippen LogP contribution in [0.5, 0.6) is 5.88 Å². The number of esters is 1. The molecule has 0 saturated heterocycles. The van der Waals surface area contributed by atoms with Gasteiger partial charge in [0.1, 0.15) is 12.4 Å². The lowest BCUT2D eigenvalue weighted by Gasteiger charge is -2.15. The summed E-state index contributed by atoms with van der Waals surface area (Å²) in [5.41, 5.74) is -4.67. The zero-order chi connectivity index (χ0) is 26.5. The van der Waals surface area contributed by atoms with Gasteiger partial charge in [0.25, 0.3) is 0 Å². The van der Waals surface area contributed by atoms with Crippen molar-refractivity contribution in [1.29, 1.82) is 0 Å². The van der Waals surface area contributed by atoms with Crippen LogP contribution in [0.2, 0.25) is 5.02 Å². The molecule has 2 aromatic heterocycles. The van der Waals surface area contributed by atoms with E-state index in [0.29, 0.717) is 37.4 Å². The van der Waals surface area contributed by atoms with Gasteiger partial charge >= 0.3 is 28.7 Å². The molecule has 36 heavy (non-hydrogen) atoms. The summed E-state index contributed by atoms with van der Waals surface area (Å²) >= 11 is 7.67. The van der Waals surface area contributed by atoms with Crippen molar-refractivity contribution in [1.82, 2.24) is 22.8 Å². The van der Waals surface area contributed by atoms with Crippen molar-refractivity contribution in [3.63, 3.8) is 0 Å². The maximum atomic E-state index is 15.0. The lowest BCUT2D eigenvalue weighted by atomic mass is 10.2. The number of halogens is 2. The van der Waals surface area contributed by atoms with Crippen molar-refractivity contribution in [3.8, 4) is 17.3 Å². The molecular formula is C21H21ClFN5O7S. The summed E-state index contributed by atoms with van der Waals surface area (Å²) in [5, 5.41) is 10.3. The number of nitrogens with zero attached hydrogens (tertiary/aromatic N) is 5. The first-order valence-electron chi connectivity index (χ1n) is 10.7. The number of carbonyl (C=O) groups excluding carboxylic acids is 1. The van der Waals surface area contributed by atoms with Crippen LogP contribution in [-0.2, 0) is 35.4 Å². The van der Waals surface area contributed by atoms with Gasteiger partial charge in [0.15, 0.2) is 0 Å². The highest BCUT2D eigenvalue weighted by Crippen LogP contribution is 2.31. The number of fused-ring (bicyclic) bond motifs is 1. The minimum atomic E-state index is -1.23. The van der Waals surface area contributed by atoms with Crippen LogP contribution in [0.4, 0.5) is 4.39 Å². The van der Waals surface area contributed by atoms with Crippen LogP contribution in [0.3, 0.4) is 0 Å². The summed E-state index contributed by atoms with van der Waals surface area (Å²) in [6.45, 7) is 2.67. The summed E-state index contributed by atoms with van der Waals surface area (Å²) in [6.07, 6.45) is -0.519. The van der Waals surface area contributed by atoms with E-state index in [-0.39, 0.29) is 5.69 Å². The van der Waals surface area contributed by atoms with Crippen LogP contribution >= 0.6 is 23.4 Å². The summed E-state index contributed by atoms with van der Waals surface area (Å²) in [7, 11) is 1.08. The Morgan fingerprint density at radius 1 is 1.11 bits per heavy atom. The van der Waals surface area contributed by atoms with Crippen LogP contribution in [0.1, 0.15) is 19.5 Å². The molecule has 3 heterocycles. The Hall–Kier alpha value is -3.52. The lowest BCUT2D eigenvalue weighted by molar-refractivity contribution is -0.148. The van der Waals surface area contributed by atoms with Crippen molar-refractivity contribution in [2.45, 2.75) is 38.8 Å². The average Bonchev–Trinajstić information content (AvgIpc) is 3.06. The van der Waals surface area contributed by atoms with Crippen LogP contribution in [0.25, 0.3) is 11.4 Å². The largest absolute Gasteiger partial charge is 0.493 e. The Morgan fingerprint density at radius 2 is 1.81 bits per heavy atom. The Morgan fingerprint density at radius 3 is 2.44 bits per heavy atom. The number of hydrogen-bond acceptors (Lipinski definition) is 8. The predicted octanol–water partition coefficient (Wildman–Crippen LogP) is 0.347. The van der Waals surface area contributed by atoms with Crippen molar-refractivity contribution >= 4 is 29.3 Å². The molecule has 0 atom stereocenters. The number of aromatic hydroxyl groups is 1. The molecule has 0 radical (unpaired) electrons. The highest BCUT2D eigenvalue weighted by molar-refractivity contribution is 7.98. The van der Waals surface area contributed by atoms with E-state index in [1.807, 2.05) is 0 Å². The maximum Gasteiger partial charge on any atom is 0.341 e. The normalized spacial score (nSPS) is 13.2. The van der Waals surface area contributed by atoms with Crippen molar-refractivity contribution in [2.75, 3.05) is 5.75 Å². The Kier molecular flexibility index (Phi) is 6.75. The quantitative estimate of drug-likeness (QED) is 0.456. The second-order valence-electron chi connectivity index (χ2n) is 8.21. The zero-order valence-electron chi connectivity index (χ0n) is 19.4. The summed E-state index contributed by atoms with van der Waals surface area (Å²) in [5.74, 6) is -1.43. The van der Waals surface area contributed by atoms with E-state index < -0.39 is 63.8 Å². The van der Waals surface area contributed by atoms with Crippen LogP contribution < -0.4 is 22.8 Å². The zero-order valence-corrected chi connectivity index (χ0v) is 20.9. The number of thioether (sulfide) groups is 1. The molecule has 12 nitrogen and oxygen atoms in total. The third-order valence-corrected chi connectivity index (χ3v) is 6.74. The minimum absolute atomic E-state index is 0.303. The smallest absolute Gasteiger partial charge is 0.341 e. The minimum Gasteiger partial charge on any atom is -0.493 e. The van der Waals surface area contributed by atoms with E-state index >= 15 is 4.39 Å². The Balaban J connectivity index is 1.97. The van der Waals surface area contributed by atoms with E-state index in [1.165, 1.54) is 16.3 Å². The van der Waals surface area contributed by atoms with E-state index in [0.717, 1.165) is 23.7 Å². The topological polar surface area (TPSA) is 139 Å². The third-order valence-electron chi connectivity index (χ3n) is 5.49. The molecule has 1 aliphatic rings. The van der Waals surface area contributed by atoms with Gasteiger partial charge in [-0.15, -0.1) is 0 Å². The first-order chi connectivity index (χ1) is 16.9. The molecule has 0 unspecified atom stereocenters. The van der Waals surface area contributed by atoms with Crippen LogP contribution in [0, 0.1) is 5.82 Å². The standard InChI is InChI=1S/C21H21ClFN5O7S/c1-10(2)35-16(29)8-26-18(31)24(3)19(32)28(21(26)34)13-7-14(12(23)6-11(13)22)27-17(30)15-9-36-5-4-25(15)20(27)33/h6-7,10,30H,4-5,8-9H2,1-3H3. The monoisotopic (exact) mass is 541 g/mol. The first kappa shape index (κ1) is 25.6. The SMILES string of the molecule is CC(C)OC(=O)Cn1c(=O)n(C)c(=O)n(-c2cc(-n3c(O)c4n(c3=O)CCSC4)c(F)cc2Cl)c1=O. The molecular weight excluding hydrogens is 521 g/mol. The van der Waals surface area contributed by atoms with Gasteiger partial charge in [-0.25, -0.2) is 41.8 Å². The Bertz CT molecular complexity index is 1630. The van der Waals surface area contributed by atoms with Crippen molar-refractivity contribution in [3.05, 3.63) is 70.6 Å². The molecule has 15 heteroatoms. The second kappa shape index (κ2) is 9.50. The average molecular weight is 542 g/mol. The van der Waals surface area contributed by atoms with Gasteiger partial charge in [-0.1, -0.05) is 11.6 Å². The molecule has 1 N–H and O–H groups in total.